The van der Waals surface area contributed by atoms with E-state index in [0.717, 1.165) is 21.9 Å². The van der Waals surface area contributed by atoms with Crippen LogP contribution in [0.15, 0.2) is 66.2 Å². The molecule has 0 aliphatic heterocycles. The zero-order valence-corrected chi connectivity index (χ0v) is 16.2. The lowest BCUT2D eigenvalue weighted by Crippen LogP contribution is -2.26. The van der Waals surface area contributed by atoms with Crippen molar-refractivity contribution in [2.45, 2.75) is 13.3 Å². The predicted octanol–water partition coefficient (Wildman–Crippen LogP) is 3.46. The minimum Gasteiger partial charge on any atom is -0.324 e. The first kappa shape index (κ1) is 19.7. The Kier molecular flexibility index (Phi) is 6.18. The molecule has 2 aromatic carbocycles. The molecule has 7 heteroatoms. The fourth-order valence-corrected chi connectivity index (χ4v) is 3.44. The van der Waals surface area contributed by atoms with Crippen LogP contribution in [-0.2, 0) is 14.8 Å². The lowest BCUT2D eigenvalue weighted by molar-refractivity contribution is -0.116. The van der Waals surface area contributed by atoms with Gasteiger partial charge in [-0.05, 0) is 30.7 Å². The molecule has 6 nitrogen and oxygen atoms in total. The summed E-state index contributed by atoms with van der Waals surface area (Å²) in [5.74, 6) is -0.289. The molecule has 1 aromatic heterocycles. The number of sulfonamides is 1. The molecule has 0 bridgehead atoms. The molecule has 0 spiro atoms. The molecule has 0 saturated carbocycles. The number of fused-ring (bicyclic) bond motifs is 1. The Morgan fingerprint density at radius 2 is 1.82 bits per heavy atom. The number of aromatic nitrogens is 1. The normalized spacial score (nSPS) is 11.8. The standard InChI is InChI=1S/C21H21N3O3S/c1-16-7-9-17(10-8-16)12-15-28(26,27)23-14-11-20(25)24-19-6-2-4-18-5-3-13-22-21(18)19/h2-10,12-13,15,23H,11,14H2,1H3,(H,24,25)/b15-12+. The lowest BCUT2D eigenvalue weighted by Gasteiger charge is -2.08. The van der Waals surface area contributed by atoms with Crippen molar-refractivity contribution in [3.63, 3.8) is 0 Å². The Hall–Kier alpha value is -3.03. The van der Waals surface area contributed by atoms with Crippen molar-refractivity contribution in [1.82, 2.24) is 9.71 Å². The summed E-state index contributed by atoms with van der Waals surface area (Å²) in [7, 11) is -3.62. The third-order valence-electron chi connectivity index (χ3n) is 4.08. The number of nitrogens with zero attached hydrogens (tertiary/aromatic N) is 1. The van der Waals surface area contributed by atoms with E-state index in [4.69, 9.17) is 0 Å². The van der Waals surface area contributed by atoms with Crippen LogP contribution in [0.5, 0.6) is 0 Å². The fourth-order valence-electron chi connectivity index (χ4n) is 2.62. The number of nitrogens with one attached hydrogen (secondary N) is 2. The molecule has 144 valence electrons. The highest BCUT2D eigenvalue weighted by molar-refractivity contribution is 7.92. The van der Waals surface area contributed by atoms with Crippen LogP contribution in [0, 0.1) is 6.92 Å². The molecule has 0 radical (unpaired) electrons. The molecule has 3 rings (SSSR count). The second-order valence-electron chi connectivity index (χ2n) is 6.33. The topological polar surface area (TPSA) is 88.2 Å². The van der Waals surface area contributed by atoms with Crippen LogP contribution in [0.4, 0.5) is 5.69 Å². The van der Waals surface area contributed by atoms with Gasteiger partial charge in [0.15, 0.2) is 0 Å². The van der Waals surface area contributed by atoms with E-state index >= 15 is 0 Å². The number of pyridine rings is 1. The van der Waals surface area contributed by atoms with Gasteiger partial charge < -0.3 is 5.32 Å². The highest BCUT2D eigenvalue weighted by atomic mass is 32.2. The number of rotatable bonds is 7. The van der Waals surface area contributed by atoms with Crippen LogP contribution in [0.1, 0.15) is 17.5 Å². The minimum atomic E-state index is -3.62. The van der Waals surface area contributed by atoms with Crippen LogP contribution in [-0.4, -0.2) is 25.9 Å². The average Bonchev–Trinajstić information content (AvgIpc) is 2.68. The van der Waals surface area contributed by atoms with Gasteiger partial charge in [0.05, 0.1) is 11.2 Å². The molecule has 3 aromatic rings. The maximum absolute atomic E-state index is 12.2. The number of carbonyl (C=O) groups excluding carboxylic acids is 1. The predicted molar refractivity (Wildman–Crippen MR) is 112 cm³/mol. The van der Waals surface area contributed by atoms with E-state index in [0.29, 0.717) is 11.2 Å². The zero-order chi connectivity index (χ0) is 20.0. The van der Waals surface area contributed by atoms with Crippen molar-refractivity contribution in [2.24, 2.45) is 0 Å². The van der Waals surface area contributed by atoms with Gasteiger partial charge in [-0.1, -0.05) is 48.0 Å². The molecule has 0 atom stereocenters. The maximum atomic E-state index is 12.2. The summed E-state index contributed by atoms with van der Waals surface area (Å²) >= 11 is 0. The van der Waals surface area contributed by atoms with Gasteiger partial charge in [-0.15, -0.1) is 0 Å². The van der Waals surface area contributed by atoms with Crippen LogP contribution in [0.25, 0.3) is 17.0 Å². The van der Waals surface area contributed by atoms with E-state index in [9.17, 15) is 13.2 Å². The Morgan fingerprint density at radius 1 is 1.07 bits per heavy atom. The summed E-state index contributed by atoms with van der Waals surface area (Å²) in [6.45, 7) is 1.97. The van der Waals surface area contributed by atoms with E-state index < -0.39 is 10.0 Å². The number of carbonyl (C=O) groups is 1. The van der Waals surface area contributed by atoms with Gasteiger partial charge >= 0.3 is 0 Å². The minimum absolute atomic E-state index is 0.00456. The molecule has 0 fully saturated rings. The van der Waals surface area contributed by atoms with Crippen LogP contribution in [0.2, 0.25) is 0 Å². The summed E-state index contributed by atoms with van der Waals surface area (Å²) in [5.41, 5.74) is 3.19. The SMILES string of the molecule is Cc1ccc(/C=C/S(=O)(=O)NCCC(=O)Nc2cccc3cccnc23)cc1. The first-order valence-corrected chi connectivity index (χ1v) is 10.4. The number of para-hydroxylation sites is 1. The van der Waals surface area contributed by atoms with Crippen molar-refractivity contribution in [3.05, 3.63) is 77.3 Å². The third kappa shape index (κ3) is 5.48. The molecule has 1 heterocycles. The lowest BCUT2D eigenvalue weighted by atomic mass is 10.2. The van der Waals surface area contributed by atoms with Gasteiger partial charge in [0.2, 0.25) is 15.9 Å². The van der Waals surface area contributed by atoms with E-state index in [2.05, 4.69) is 15.0 Å². The van der Waals surface area contributed by atoms with Crippen LogP contribution in [0.3, 0.4) is 0 Å². The summed E-state index contributed by atoms with van der Waals surface area (Å²) in [4.78, 5) is 16.4. The summed E-state index contributed by atoms with van der Waals surface area (Å²) < 4.78 is 26.5. The molecular formula is C21H21N3O3S. The summed E-state index contributed by atoms with van der Waals surface area (Å²) in [6, 6.07) is 16.7. The summed E-state index contributed by atoms with van der Waals surface area (Å²) in [5, 5.41) is 4.80. The highest BCUT2D eigenvalue weighted by Crippen LogP contribution is 2.20. The van der Waals surface area contributed by atoms with Gasteiger partial charge in [0.25, 0.3) is 0 Å². The maximum Gasteiger partial charge on any atom is 0.233 e. The van der Waals surface area contributed by atoms with Crippen molar-refractivity contribution in [1.29, 1.82) is 0 Å². The number of hydrogen-bond acceptors (Lipinski definition) is 4. The highest BCUT2D eigenvalue weighted by Gasteiger charge is 2.09. The first-order valence-electron chi connectivity index (χ1n) is 8.81. The van der Waals surface area contributed by atoms with Crippen molar-refractivity contribution < 1.29 is 13.2 Å². The van der Waals surface area contributed by atoms with E-state index in [1.165, 1.54) is 6.08 Å². The second-order valence-corrected chi connectivity index (χ2v) is 7.98. The Balaban J connectivity index is 1.53. The Labute approximate surface area is 164 Å². The van der Waals surface area contributed by atoms with Crippen LogP contribution >= 0.6 is 0 Å². The molecule has 0 saturated heterocycles. The Bertz CT molecular complexity index is 1100. The van der Waals surface area contributed by atoms with E-state index in [-0.39, 0.29) is 18.9 Å². The molecule has 0 aliphatic rings. The zero-order valence-electron chi connectivity index (χ0n) is 15.4. The monoisotopic (exact) mass is 395 g/mol. The van der Waals surface area contributed by atoms with Crippen LogP contribution < -0.4 is 10.0 Å². The summed E-state index contributed by atoms with van der Waals surface area (Å²) in [6.07, 6.45) is 3.19. The van der Waals surface area contributed by atoms with Crippen molar-refractivity contribution in [2.75, 3.05) is 11.9 Å². The fraction of sp³-hybridized carbons (Fsp3) is 0.143. The molecule has 0 aliphatic carbocycles. The van der Waals surface area contributed by atoms with Gasteiger partial charge in [0.1, 0.15) is 0 Å². The number of aryl methyl sites for hydroxylation is 1. The quantitative estimate of drug-likeness (QED) is 0.641. The van der Waals surface area contributed by atoms with E-state index in [1.54, 1.807) is 12.3 Å². The van der Waals surface area contributed by atoms with Gasteiger partial charge in [0, 0.05) is 30.0 Å². The first-order chi connectivity index (χ1) is 13.4. The van der Waals surface area contributed by atoms with E-state index in [1.807, 2.05) is 55.5 Å². The molecule has 2 N–H and O–H groups in total. The number of anilines is 1. The largest absolute Gasteiger partial charge is 0.324 e. The van der Waals surface area contributed by atoms with Crippen molar-refractivity contribution in [3.8, 4) is 0 Å². The molecule has 28 heavy (non-hydrogen) atoms. The molecule has 1 amide bonds. The van der Waals surface area contributed by atoms with Gasteiger partial charge in [-0.3, -0.25) is 9.78 Å². The van der Waals surface area contributed by atoms with Gasteiger partial charge in [-0.25, -0.2) is 13.1 Å². The molecule has 0 unspecified atom stereocenters. The van der Waals surface area contributed by atoms with Crippen molar-refractivity contribution >= 4 is 38.6 Å². The third-order valence-corrected chi connectivity index (χ3v) is 5.18. The average molecular weight is 395 g/mol. The Morgan fingerprint density at radius 3 is 2.61 bits per heavy atom. The smallest absolute Gasteiger partial charge is 0.233 e. The van der Waals surface area contributed by atoms with Gasteiger partial charge in [-0.2, -0.15) is 0 Å². The number of hydrogen-bond donors (Lipinski definition) is 2. The number of benzene rings is 2. The second kappa shape index (κ2) is 8.77. The molecular weight excluding hydrogens is 374 g/mol. The number of amides is 1.